The van der Waals surface area contributed by atoms with Gasteiger partial charge in [-0.15, -0.1) is 21.5 Å². The smallest absolute Gasteiger partial charge is 0.235 e. The zero-order chi connectivity index (χ0) is 17.8. The van der Waals surface area contributed by atoms with E-state index < -0.39 is 0 Å². The van der Waals surface area contributed by atoms with Gasteiger partial charge in [0.1, 0.15) is 0 Å². The molecule has 0 saturated heterocycles. The number of carbonyl (C=O) groups is 1. The highest BCUT2D eigenvalue weighted by Crippen LogP contribution is 2.28. The van der Waals surface area contributed by atoms with E-state index in [1.54, 1.807) is 16.2 Å². The number of thioether (sulfide) groups is 1. The Kier molecular flexibility index (Phi) is 5.55. The molecule has 3 rings (SSSR count). The van der Waals surface area contributed by atoms with Gasteiger partial charge in [-0.25, -0.2) is 0 Å². The van der Waals surface area contributed by atoms with Gasteiger partial charge in [-0.2, -0.15) is 0 Å². The third-order valence-electron chi connectivity index (χ3n) is 3.85. The molecule has 1 aromatic carbocycles. The summed E-state index contributed by atoms with van der Waals surface area (Å²) in [6.45, 7) is 2.51. The number of hydrogen-bond donors (Lipinski definition) is 0. The molecular weight excluding hydrogens is 352 g/mol. The number of thiophene rings is 1. The van der Waals surface area contributed by atoms with Crippen LogP contribution >= 0.6 is 23.1 Å². The Morgan fingerprint density at radius 3 is 2.68 bits per heavy atom. The van der Waals surface area contributed by atoms with Crippen molar-refractivity contribution >= 4 is 29.0 Å². The van der Waals surface area contributed by atoms with Crippen LogP contribution < -0.4 is 0 Å². The maximum atomic E-state index is 12.6. The van der Waals surface area contributed by atoms with Gasteiger partial charge in [0.05, 0.1) is 10.1 Å². The van der Waals surface area contributed by atoms with Crippen LogP contribution in [0.4, 0.5) is 0 Å². The molecule has 2 aromatic heterocycles. The predicted octanol–water partition coefficient (Wildman–Crippen LogP) is 3.68. The van der Waals surface area contributed by atoms with Crippen LogP contribution in [0.25, 0.3) is 10.7 Å². The van der Waals surface area contributed by atoms with E-state index >= 15 is 0 Å². The van der Waals surface area contributed by atoms with E-state index in [1.807, 2.05) is 73.4 Å². The van der Waals surface area contributed by atoms with E-state index in [0.717, 1.165) is 21.4 Å². The molecule has 0 fully saturated rings. The summed E-state index contributed by atoms with van der Waals surface area (Å²) in [5.74, 6) is 0.907. The molecular formula is C18H20N4OS2. The van der Waals surface area contributed by atoms with Crippen LogP contribution in [0.15, 0.2) is 53.0 Å². The Bertz CT molecular complexity index is 830. The monoisotopic (exact) mass is 372 g/mol. The number of amides is 1. The minimum atomic E-state index is -0.229. The van der Waals surface area contributed by atoms with Crippen LogP contribution in [0, 0.1) is 0 Å². The first-order valence-corrected chi connectivity index (χ1v) is 9.71. The molecule has 0 aliphatic carbocycles. The number of rotatable bonds is 6. The van der Waals surface area contributed by atoms with Gasteiger partial charge in [0.2, 0.25) is 5.91 Å². The SMILES string of the molecule is C[C@H](Sc1nnc(-c2cccs2)n1C)C(=O)N(C)Cc1ccccc1. The fourth-order valence-electron chi connectivity index (χ4n) is 2.49. The molecule has 3 aromatic rings. The first-order valence-electron chi connectivity index (χ1n) is 7.95. The van der Waals surface area contributed by atoms with Crippen LogP contribution in [0.3, 0.4) is 0 Å². The average molecular weight is 373 g/mol. The third kappa shape index (κ3) is 4.11. The van der Waals surface area contributed by atoms with Crippen molar-refractivity contribution < 1.29 is 4.79 Å². The Morgan fingerprint density at radius 2 is 2.00 bits per heavy atom. The molecule has 0 spiro atoms. The van der Waals surface area contributed by atoms with E-state index in [4.69, 9.17) is 0 Å². The lowest BCUT2D eigenvalue weighted by atomic mass is 10.2. The minimum Gasteiger partial charge on any atom is -0.340 e. The molecule has 1 atom stereocenters. The highest BCUT2D eigenvalue weighted by molar-refractivity contribution is 8.00. The fraction of sp³-hybridized carbons (Fsp3) is 0.278. The lowest BCUT2D eigenvalue weighted by Crippen LogP contribution is -2.32. The second kappa shape index (κ2) is 7.84. The normalized spacial score (nSPS) is 12.1. The number of nitrogens with zero attached hydrogens (tertiary/aromatic N) is 4. The van der Waals surface area contributed by atoms with Gasteiger partial charge < -0.3 is 9.47 Å². The van der Waals surface area contributed by atoms with Gasteiger partial charge in [-0.1, -0.05) is 48.2 Å². The Balaban J connectivity index is 1.65. The highest BCUT2D eigenvalue weighted by Gasteiger charge is 2.22. The summed E-state index contributed by atoms with van der Waals surface area (Å²) < 4.78 is 1.94. The number of carbonyl (C=O) groups excluding carboxylic acids is 1. The predicted molar refractivity (Wildman–Crippen MR) is 103 cm³/mol. The van der Waals surface area contributed by atoms with Gasteiger partial charge >= 0.3 is 0 Å². The second-order valence-electron chi connectivity index (χ2n) is 5.78. The van der Waals surface area contributed by atoms with E-state index in [0.29, 0.717) is 6.54 Å². The molecule has 130 valence electrons. The van der Waals surface area contributed by atoms with Crippen molar-refractivity contribution in [3.05, 3.63) is 53.4 Å². The first-order chi connectivity index (χ1) is 12.1. The molecule has 0 N–H and O–H groups in total. The first kappa shape index (κ1) is 17.7. The molecule has 0 aliphatic heterocycles. The maximum absolute atomic E-state index is 12.6. The molecule has 5 nitrogen and oxygen atoms in total. The molecule has 0 aliphatic rings. The molecule has 0 radical (unpaired) electrons. The summed E-state index contributed by atoms with van der Waals surface area (Å²) in [7, 11) is 3.77. The van der Waals surface area contributed by atoms with E-state index in [2.05, 4.69) is 10.2 Å². The van der Waals surface area contributed by atoms with E-state index in [9.17, 15) is 4.79 Å². The van der Waals surface area contributed by atoms with Crippen molar-refractivity contribution in [1.29, 1.82) is 0 Å². The van der Waals surface area contributed by atoms with Gasteiger partial charge in [0.15, 0.2) is 11.0 Å². The zero-order valence-corrected chi connectivity index (χ0v) is 16.0. The number of benzene rings is 1. The average Bonchev–Trinajstić information content (AvgIpc) is 3.25. The van der Waals surface area contributed by atoms with Crippen molar-refractivity contribution in [2.75, 3.05) is 7.05 Å². The standard InChI is InChI=1S/C18H20N4OS2/c1-13(17(23)21(2)12-14-8-5-4-6-9-14)25-18-20-19-16(22(18)3)15-10-7-11-24-15/h4-11,13H,12H2,1-3H3/t13-/m0/s1. The van der Waals surface area contributed by atoms with E-state index in [-0.39, 0.29) is 11.2 Å². The zero-order valence-electron chi connectivity index (χ0n) is 14.4. The summed E-state index contributed by atoms with van der Waals surface area (Å²) >= 11 is 3.07. The van der Waals surface area contributed by atoms with Crippen molar-refractivity contribution in [1.82, 2.24) is 19.7 Å². The largest absolute Gasteiger partial charge is 0.340 e. The number of hydrogen-bond acceptors (Lipinski definition) is 5. The molecule has 7 heteroatoms. The van der Waals surface area contributed by atoms with Gasteiger partial charge in [0, 0.05) is 20.6 Å². The molecule has 1 amide bonds. The maximum Gasteiger partial charge on any atom is 0.235 e. The molecule has 2 heterocycles. The van der Waals surface area contributed by atoms with Gasteiger partial charge in [-0.3, -0.25) is 4.79 Å². The minimum absolute atomic E-state index is 0.0783. The molecule has 0 bridgehead atoms. The van der Waals surface area contributed by atoms with Crippen LogP contribution in [0.5, 0.6) is 0 Å². The summed E-state index contributed by atoms with van der Waals surface area (Å²) in [5, 5.41) is 11.0. The lowest BCUT2D eigenvalue weighted by molar-refractivity contribution is -0.129. The molecule has 25 heavy (non-hydrogen) atoms. The van der Waals surface area contributed by atoms with Crippen molar-refractivity contribution in [3.8, 4) is 10.7 Å². The topological polar surface area (TPSA) is 51.0 Å². The molecule has 0 unspecified atom stereocenters. The second-order valence-corrected chi connectivity index (χ2v) is 8.04. The molecule has 0 saturated carbocycles. The highest BCUT2D eigenvalue weighted by atomic mass is 32.2. The van der Waals surface area contributed by atoms with Gasteiger partial charge in [0.25, 0.3) is 0 Å². The fourth-order valence-corrected chi connectivity index (χ4v) is 4.17. The van der Waals surface area contributed by atoms with Crippen molar-refractivity contribution in [2.45, 2.75) is 23.9 Å². The Morgan fingerprint density at radius 1 is 1.24 bits per heavy atom. The Hall–Kier alpha value is -2.12. The van der Waals surface area contributed by atoms with Crippen LogP contribution in [-0.2, 0) is 18.4 Å². The van der Waals surface area contributed by atoms with Gasteiger partial charge in [-0.05, 0) is 23.9 Å². The van der Waals surface area contributed by atoms with Crippen LogP contribution in [-0.4, -0.2) is 37.9 Å². The van der Waals surface area contributed by atoms with Crippen molar-refractivity contribution in [2.24, 2.45) is 7.05 Å². The quantitative estimate of drug-likeness (QED) is 0.619. The summed E-state index contributed by atoms with van der Waals surface area (Å²) in [6.07, 6.45) is 0. The summed E-state index contributed by atoms with van der Waals surface area (Å²) in [6, 6.07) is 14.0. The lowest BCUT2D eigenvalue weighted by Gasteiger charge is -2.21. The number of aromatic nitrogens is 3. The summed E-state index contributed by atoms with van der Waals surface area (Å²) in [5.41, 5.74) is 1.12. The Labute approximate surface area is 155 Å². The van der Waals surface area contributed by atoms with Crippen LogP contribution in [0.1, 0.15) is 12.5 Å². The van der Waals surface area contributed by atoms with Crippen LogP contribution in [0.2, 0.25) is 0 Å². The summed E-state index contributed by atoms with van der Waals surface area (Å²) in [4.78, 5) is 15.5. The third-order valence-corrected chi connectivity index (χ3v) is 5.83. The van der Waals surface area contributed by atoms with Crippen molar-refractivity contribution in [3.63, 3.8) is 0 Å². The van der Waals surface area contributed by atoms with E-state index in [1.165, 1.54) is 11.8 Å².